The number of halogens is 1. The van der Waals surface area contributed by atoms with Crippen LogP contribution in [0.2, 0.25) is 0 Å². The molecule has 2 aromatic carbocycles. The molecule has 2 heterocycles. The molecule has 0 fully saturated rings. The van der Waals surface area contributed by atoms with Gasteiger partial charge in [-0.25, -0.2) is 8.91 Å². The molecule has 0 atom stereocenters. The van der Waals surface area contributed by atoms with Crippen LogP contribution < -0.4 is 10.3 Å². The minimum absolute atomic E-state index is 0.279. The minimum Gasteiger partial charge on any atom is -0.496 e. The average molecular weight is 379 g/mol. The van der Waals surface area contributed by atoms with Crippen LogP contribution >= 0.6 is 0 Å². The van der Waals surface area contributed by atoms with Crippen molar-refractivity contribution in [1.29, 1.82) is 0 Å². The van der Waals surface area contributed by atoms with Gasteiger partial charge in [0.15, 0.2) is 0 Å². The molecule has 0 bridgehead atoms. The Bertz CT molecular complexity index is 1200. The summed E-state index contributed by atoms with van der Waals surface area (Å²) in [4.78, 5) is 13.1. The molecule has 0 radical (unpaired) electrons. The molecule has 0 aliphatic rings. The molecule has 0 amide bonds. The van der Waals surface area contributed by atoms with E-state index < -0.39 is 0 Å². The number of para-hydroxylation sites is 1. The molecule has 0 unspecified atom stereocenters. The SMILES string of the molecule is COc1ccccc1Cn1ccn2nc(-c3ccc(F)cc3)c(CO)c2c1=O. The number of fused-ring (bicyclic) bond motifs is 1. The molecule has 0 aliphatic carbocycles. The summed E-state index contributed by atoms with van der Waals surface area (Å²) < 4.78 is 21.6. The van der Waals surface area contributed by atoms with E-state index in [-0.39, 0.29) is 18.0 Å². The summed E-state index contributed by atoms with van der Waals surface area (Å²) in [6.07, 6.45) is 3.31. The zero-order valence-corrected chi connectivity index (χ0v) is 15.2. The van der Waals surface area contributed by atoms with Crippen LogP contribution in [-0.2, 0) is 13.2 Å². The van der Waals surface area contributed by atoms with Crippen LogP contribution in [-0.4, -0.2) is 26.4 Å². The molecule has 0 spiro atoms. The number of hydrogen-bond donors (Lipinski definition) is 1. The van der Waals surface area contributed by atoms with Gasteiger partial charge in [0.2, 0.25) is 0 Å². The first kappa shape index (κ1) is 17.9. The second-order valence-corrected chi connectivity index (χ2v) is 6.33. The highest BCUT2D eigenvalue weighted by atomic mass is 19.1. The first-order valence-electron chi connectivity index (χ1n) is 8.71. The third-order valence-electron chi connectivity index (χ3n) is 4.67. The van der Waals surface area contributed by atoms with E-state index in [1.165, 1.54) is 16.6 Å². The van der Waals surface area contributed by atoms with Gasteiger partial charge in [-0.3, -0.25) is 4.79 Å². The standard InChI is InChI=1S/C21H18FN3O3/c1-28-18-5-3-2-4-15(18)12-24-10-11-25-20(21(24)27)17(13-26)19(23-25)14-6-8-16(22)9-7-14/h2-11,26H,12-13H2,1H3. The van der Waals surface area contributed by atoms with Crippen LogP contribution in [0.15, 0.2) is 65.7 Å². The minimum atomic E-state index is -0.364. The van der Waals surface area contributed by atoms with E-state index in [4.69, 9.17) is 4.74 Å². The number of ether oxygens (including phenoxy) is 1. The maximum Gasteiger partial charge on any atom is 0.277 e. The first-order valence-corrected chi connectivity index (χ1v) is 8.71. The van der Waals surface area contributed by atoms with E-state index >= 15 is 0 Å². The van der Waals surface area contributed by atoms with E-state index in [0.717, 1.165) is 5.56 Å². The number of aliphatic hydroxyl groups excluding tert-OH is 1. The summed E-state index contributed by atoms with van der Waals surface area (Å²) in [6, 6.07) is 13.3. The van der Waals surface area contributed by atoms with Crippen LogP contribution in [0.25, 0.3) is 16.8 Å². The lowest BCUT2D eigenvalue weighted by Crippen LogP contribution is -2.22. The van der Waals surface area contributed by atoms with Crippen LogP contribution in [0, 0.1) is 5.82 Å². The topological polar surface area (TPSA) is 68.8 Å². The van der Waals surface area contributed by atoms with Crippen molar-refractivity contribution in [2.75, 3.05) is 7.11 Å². The number of methoxy groups -OCH3 is 1. The molecule has 2 aromatic heterocycles. The van der Waals surface area contributed by atoms with Gasteiger partial charge in [-0.1, -0.05) is 18.2 Å². The van der Waals surface area contributed by atoms with E-state index in [2.05, 4.69) is 5.10 Å². The van der Waals surface area contributed by atoms with Gasteiger partial charge in [-0.15, -0.1) is 0 Å². The maximum atomic E-state index is 13.2. The number of nitrogens with zero attached hydrogens (tertiary/aromatic N) is 3. The molecule has 4 rings (SSSR count). The third kappa shape index (κ3) is 3.05. The number of aromatic nitrogens is 3. The number of benzene rings is 2. The molecular weight excluding hydrogens is 361 g/mol. The fourth-order valence-corrected chi connectivity index (χ4v) is 3.28. The molecule has 0 aliphatic heterocycles. The van der Waals surface area contributed by atoms with Crippen LogP contribution in [0.5, 0.6) is 5.75 Å². The smallest absolute Gasteiger partial charge is 0.277 e. The van der Waals surface area contributed by atoms with Crippen molar-refractivity contribution in [3.8, 4) is 17.0 Å². The van der Waals surface area contributed by atoms with Crippen molar-refractivity contribution in [3.63, 3.8) is 0 Å². The highest BCUT2D eigenvalue weighted by Gasteiger charge is 2.18. The third-order valence-corrected chi connectivity index (χ3v) is 4.67. The highest BCUT2D eigenvalue weighted by Crippen LogP contribution is 2.25. The Labute approximate surface area is 160 Å². The zero-order valence-electron chi connectivity index (χ0n) is 15.2. The van der Waals surface area contributed by atoms with E-state index in [9.17, 15) is 14.3 Å². The van der Waals surface area contributed by atoms with Gasteiger partial charge in [-0.2, -0.15) is 5.10 Å². The summed E-state index contributed by atoms with van der Waals surface area (Å²) in [5.41, 5.74) is 2.36. The molecule has 0 saturated carbocycles. The van der Waals surface area contributed by atoms with Crippen LogP contribution in [0.1, 0.15) is 11.1 Å². The number of rotatable bonds is 5. The lowest BCUT2D eigenvalue weighted by atomic mass is 10.1. The highest BCUT2D eigenvalue weighted by molar-refractivity contribution is 5.72. The largest absolute Gasteiger partial charge is 0.496 e. The Hall–Kier alpha value is -3.45. The van der Waals surface area contributed by atoms with Crippen molar-refractivity contribution in [1.82, 2.24) is 14.2 Å². The predicted molar refractivity (Wildman–Crippen MR) is 103 cm³/mol. The molecular formula is C21H18FN3O3. The molecule has 7 heteroatoms. The Kier molecular flexibility index (Phi) is 4.67. The number of hydrogen-bond acceptors (Lipinski definition) is 4. The van der Waals surface area contributed by atoms with Gasteiger partial charge >= 0.3 is 0 Å². The molecule has 4 aromatic rings. The van der Waals surface area contributed by atoms with Crippen molar-refractivity contribution < 1.29 is 14.2 Å². The lowest BCUT2D eigenvalue weighted by molar-refractivity contribution is 0.283. The summed E-state index contributed by atoms with van der Waals surface area (Å²) in [5.74, 6) is 0.328. The summed E-state index contributed by atoms with van der Waals surface area (Å²) in [5, 5.41) is 14.3. The monoisotopic (exact) mass is 379 g/mol. The quantitative estimate of drug-likeness (QED) is 0.579. The lowest BCUT2D eigenvalue weighted by Gasteiger charge is -2.10. The summed E-state index contributed by atoms with van der Waals surface area (Å²) in [6.45, 7) is -0.0363. The fourth-order valence-electron chi connectivity index (χ4n) is 3.28. The Morgan fingerprint density at radius 2 is 1.86 bits per heavy atom. The van der Waals surface area contributed by atoms with Gasteiger partial charge < -0.3 is 14.4 Å². The molecule has 1 N–H and O–H groups in total. The normalized spacial score (nSPS) is 11.1. The van der Waals surface area contributed by atoms with Gasteiger partial charge in [0.05, 0.1) is 26.0 Å². The van der Waals surface area contributed by atoms with Gasteiger partial charge in [-0.05, 0) is 30.3 Å². The molecule has 6 nitrogen and oxygen atoms in total. The predicted octanol–water partition coefficient (Wildman–Crippen LogP) is 2.85. The van der Waals surface area contributed by atoms with E-state index in [0.29, 0.717) is 34.6 Å². The summed E-state index contributed by atoms with van der Waals surface area (Å²) in [7, 11) is 1.58. The fraction of sp³-hybridized carbons (Fsp3) is 0.143. The maximum absolute atomic E-state index is 13.2. The molecule has 142 valence electrons. The Morgan fingerprint density at radius 3 is 2.57 bits per heavy atom. The van der Waals surface area contributed by atoms with Crippen molar-refractivity contribution in [2.24, 2.45) is 0 Å². The van der Waals surface area contributed by atoms with Crippen molar-refractivity contribution >= 4 is 5.52 Å². The van der Waals surface area contributed by atoms with Crippen LogP contribution in [0.3, 0.4) is 0 Å². The van der Waals surface area contributed by atoms with Gasteiger partial charge in [0, 0.05) is 29.1 Å². The van der Waals surface area contributed by atoms with Crippen molar-refractivity contribution in [3.05, 3.63) is 88.2 Å². The zero-order chi connectivity index (χ0) is 19.7. The summed E-state index contributed by atoms with van der Waals surface area (Å²) >= 11 is 0. The van der Waals surface area contributed by atoms with E-state index in [1.54, 1.807) is 36.2 Å². The first-order chi connectivity index (χ1) is 13.6. The Balaban J connectivity index is 1.85. The average Bonchev–Trinajstić information content (AvgIpc) is 3.10. The second kappa shape index (κ2) is 7.28. The van der Waals surface area contributed by atoms with Crippen molar-refractivity contribution in [2.45, 2.75) is 13.2 Å². The Morgan fingerprint density at radius 1 is 1.11 bits per heavy atom. The van der Waals surface area contributed by atoms with E-state index in [1.807, 2.05) is 24.3 Å². The number of aliphatic hydroxyl groups is 1. The second-order valence-electron chi connectivity index (χ2n) is 6.33. The van der Waals surface area contributed by atoms with Gasteiger partial charge in [0.25, 0.3) is 5.56 Å². The molecule has 28 heavy (non-hydrogen) atoms. The van der Waals surface area contributed by atoms with Crippen LogP contribution in [0.4, 0.5) is 4.39 Å². The molecule has 0 saturated heterocycles. The van der Waals surface area contributed by atoms with Gasteiger partial charge in [0.1, 0.15) is 17.1 Å².